The molecule has 1 aromatic carbocycles. The zero-order chi connectivity index (χ0) is 31.4. The van der Waals surface area contributed by atoms with Crippen LogP contribution in [0, 0.1) is 0 Å². The number of nitrogens with zero attached hydrogens (tertiary/aromatic N) is 6. The lowest BCUT2D eigenvalue weighted by molar-refractivity contribution is -0.427. The Kier molecular flexibility index (Phi) is 7.15. The maximum atomic E-state index is 13.1. The van der Waals surface area contributed by atoms with E-state index in [2.05, 4.69) is 31.3 Å². The predicted molar refractivity (Wildman–Crippen MR) is 173 cm³/mol. The minimum Gasteiger partial charge on any atom is -0.439 e. The van der Waals surface area contributed by atoms with Gasteiger partial charge in [0.2, 0.25) is 11.4 Å². The number of hydrogen-bond donors (Lipinski definition) is 4. The Morgan fingerprint density at radius 3 is 2.87 bits per heavy atom. The minimum atomic E-state index is -0.631. The molecule has 1 amide bonds. The van der Waals surface area contributed by atoms with Gasteiger partial charge in [-0.1, -0.05) is 18.6 Å². The first-order valence-electron chi connectivity index (χ1n) is 15.4. The van der Waals surface area contributed by atoms with Crippen LogP contribution in [0.25, 0.3) is 38.0 Å². The predicted octanol–water partition coefficient (Wildman–Crippen LogP) is 2.33. The topological polar surface area (TPSA) is 197 Å². The summed E-state index contributed by atoms with van der Waals surface area (Å²) in [5.41, 5.74) is 15.1. The molecule has 0 unspecified atom stereocenters. The summed E-state index contributed by atoms with van der Waals surface area (Å²) in [4.78, 5) is 37.2. The van der Waals surface area contributed by atoms with Crippen molar-refractivity contribution in [1.29, 1.82) is 0 Å². The van der Waals surface area contributed by atoms with Crippen LogP contribution in [-0.4, -0.2) is 74.1 Å². The maximum Gasteiger partial charge on any atom is 0.254 e. The number of ether oxygens (including phenoxy) is 1. The van der Waals surface area contributed by atoms with Gasteiger partial charge in [-0.2, -0.15) is 14.7 Å². The first-order valence-corrected chi connectivity index (χ1v) is 16.3. The van der Waals surface area contributed by atoms with Crippen molar-refractivity contribution in [2.45, 2.75) is 44.2 Å². The third-order valence-corrected chi connectivity index (χ3v) is 10.1. The number of benzene rings is 1. The number of morpholine rings is 1. The standard InChI is InChI=1S/C31H32N10O4S/c32-20-3-1-2-4-21(20)37-31-38-22(25(29(33)43)30-34-15-36-41(30)31)11-16-5-6-17(18-13-35-39-26(16)18)19-14-46-28-23(42)12-24(45-27(19)28)40-7-9-44-10-8-40/h5-6,12-15,20-21H,1-4,7-11,32H2,(H2,33,43)(H,35,39)(H,37,38)/p+1/t20-,21+/m1/s1. The highest BCUT2D eigenvalue weighted by molar-refractivity contribution is 7.17. The molecule has 15 heteroatoms. The highest BCUT2D eigenvalue weighted by Gasteiger charge is 2.28. The van der Waals surface area contributed by atoms with Crippen molar-refractivity contribution in [1.82, 2.24) is 29.8 Å². The van der Waals surface area contributed by atoms with Crippen molar-refractivity contribution < 1.29 is 19.7 Å². The lowest BCUT2D eigenvalue weighted by Gasteiger charge is -2.27. The second kappa shape index (κ2) is 11.5. The number of rotatable bonds is 7. The summed E-state index contributed by atoms with van der Waals surface area (Å²) in [7, 11) is 0. The van der Waals surface area contributed by atoms with E-state index in [0.717, 1.165) is 53.3 Å². The summed E-state index contributed by atoms with van der Waals surface area (Å²) in [6, 6.07) is 5.89. The number of H-pyrrole nitrogens is 1. The molecule has 1 aliphatic carbocycles. The van der Waals surface area contributed by atoms with Crippen LogP contribution in [0.5, 0.6) is 0 Å². The van der Waals surface area contributed by atoms with Crippen molar-refractivity contribution >= 4 is 55.9 Å². The van der Waals surface area contributed by atoms with Gasteiger partial charge in [0.05, 0.1) is 36.7 Å². The van der Waals surface area contributed by atoms with Crippen LogP contribution < -0.4 is 27.1 Å². The zero-order valence-corrected chi connectivity index (χ0v) is 25.8. The van der Waals surface area contributed by atoms with Crippen LogP contribution in [0.3, 0.4) is 0 Å². The van der Waals surface area contributed by atoms with Crippen molar-refractivity contribution in [3.8, 4) is 11.1 Å². The van der Waals surface area contributed by atoms with Gasteiger partial charge in [0, 0.05) is 48.3 Å². The fourth-order valence-corrected chi connectivity index (χ4v) is 7.58. The first-order chi connectivity index (χ1) is 22.5. The van der Waals surface area contributed by atoms with Gasteiger partial charge >= 0.3 is 0 Å². The number of amides is 1. The number of thiophene rings is 1. The van der Waals surface area contributed by atoms with E-state index in [4.69, 9.17) is 19.9 Å². The Bertz CT molecular complexity index is 2160. The lowest BCUT2D eigenvalue weighted by atomic mass is 9.91. The molecule has 5 aromatic heterocycles. The molecule has 14 nitrogen and oxygen atoms in total. The molecule has 1 saturated carbocycles. The summed E-state index contributed by atoms with van der Waals surface area (Å²) in [6.07, 6.45) is 7.72. The second-order valence-corrected chi connectivity index (χ2v) is 12.8. The number of carbonyl (C=O) groups is 1. The Hall–Kier alpha value is -4.86. The highest BCUT2D eigenvalue weighted by atomic mass is 32.1. The van der Waals surface area contributed by atoms with Gasteiger partial charge < -0.3 is 30.8 Å². The molecule has 1 saturated heterocycles. The number of carbonyl (C=O) groups excluding carboxylic acids is 1. The third-order valence-electron chi connectivity index (χ3n) is 9.07. The molecule has 2 aliphatic rings. The maximum absolute atomic E-state index is 13.1. The van der Waals surface area contributed by atoms with Crippen molar-refractivity contribution in [3.63, 3.8) is 0 Å². The van der Waals surface area contributed by atoms with Gasteiger partial charge in [0.1, 0.15) is 22.6 Å². The largest absolute Gasteiger partial charge is 0.439 e. The molecule has 2 atom stereocenters. The monoisotopic (exact) mass is 641 g/mol. The second-order valence-electron chi connectivity index (χ2n) is 11.9. The van der Waals surface area contributed by atoms with E-state index >= 15 is 0 Å². The number of nitrogens with two attached hydrogens (primary N) is 1. The van der Waals surface area contributed by atoms with E-state index in [9.17, 15) is 9.59 Å². The summed E-state index contributed by atoms with van der Waals surface area (Å²) >= 11 is 1.36. The molecule has 6 heterocycles. The SMILES string of the molecule is NC(=O)c1c(Cc2ccc(-c3csc4c(=O)cc(N5CCOCC5)oc34)c3cn[nH]c23)nc(N[C@H]2CCCC[C@H]2[NH3+])n2ncnc12. The van der Waals surface area contributed by atoms with Crippen molar-refractivity contribution in [3.05, 3.63) is 63.1 Å². The molecular weight excluding hydrogens is 608 g/mol. The quantitative estimate of drug-likeness (QED) is 0.201. The third kappa shape index (κ3) is 4.87. The molecule has 0 radical (unpaired) electrons. The van der Waals surface area contributed by atoms with Crippen molar-refractivity contribution in [2.75, 3.05) is 36.5 Å². The molecule has 1 aliphatic heterocycles. The molecule has 236 valence electrons. The van der Waals surface area contributed by atoms with Crippen LogP contribution >= 0.6 is 11.3 Å². The van der Waals surface area contributed by atoms with Crippen LogP contribution in [-0.2, 0) is 11.2 Å². The number of aromatic amines is 1. The number of fused-ring (bicyclic) bond motifs is 3. The fraction of sp³-hybridized carbons (Fsp3) is 0.355. The number of hydrogen-bond acceptors (Lipinski definition) is 11. The number of anilines is 2. The van der Waals surface area contributed by atoms with E-state index in [0.29, 0.717) is 59.8 Å². The van der Waals surface area contributed by atoms with Gasteiger partial charge in [0.15, 0.2) is 17.1 Å². The van der Waals surface area contributed by atoms with E-state index in [1.807, 2.05) is 22.4 Å². The minimum absolute atomic E-state index is 0.0733. The summed E-state index contributed by atoms with van der Waals surface area (Å²) < 4.78 is 14.0. The number of aromatic nitrogens is 6. The average molecular weight is 642 g/mol. The molecule has 7 N–H and O–H groups in total. The van der Waals surface area contributed by atoms with Gasteiger partial charge in [0.25, 0.3) is 5.91 Å². The van der Waals surface area contributed by atoms with Gasteiger partial charge in [-0.15, -0.1) is 11.3 Å². The lowest BCUT2D eigenvalue weighted by Crippen LogP contribution is -2.68. The normalized spacial score (nSPS) is 18.9. The molecule has 2 fully saturated rings. The van der Waals surface area contributed by atoms with Crippen LogP contribution in [0.15, 0.2) is 45.3 Å². The van der Waals surface area contributed by atoms with Crippen molar-refractivity contribution in [2.24, 2.45) is 5.73 Å². The average Bonchev–Trinajstić information content (AvgIpc) is 3.83. The molecule has 0 bridgehead atoms. The van der Waals surface area contributed by atoms with Crippen LogP contribution in [0.2, 0.25) is 0 Å². The van der Waals surface area contributed by atoms with Crippen LogP contribution in [0.1, 0.15) is 47.3 Å². The Morgan fingerprint density at radius 2 is 2.04 bits per heavy atom. The Balaban J connectivity index is 1.20. The van der Waals surface area contributed by atoms with Crippen LogP contribution in [0.4, 0.5) is 11.8 Å². The summed E-state index contributed by atoms with van der Waals surface area (Å²) in [5, 5.41) is 18.2. The highest BCUT2D eigenvalue weighted by Crippen LogP contribution is 2.39. The van der Waals surface area contributed by atoms with E-state index in [1.165, 1.54) is 17.7 Å². The smallest absolute Gasteiger partial charge is 0.254 e. The van der Waals surface area contributed by atoms with E-state index in [1.54, 1.807) is 16.8 Å². The molecule has 46 heavy (non-hydrogen) atoms. The summed E-state index contributed by atoms with van der Waals surface area (Å²) in [5.74, 6) is 0.409. The fourth-order valence-electron chi connectivity index (χ4n) is 6.67. The van der Waals surface area contributed by atoms with Gasteiger partial charge in [-0.3, -0.25) is 14.7 Å². The molecule has 8 rings (SSSR count). The number of quaternary nitrogens is 1. The Morgan fingerprint density at radius 1 is 1.20 bits per heavy atom. The zero-order valence-electron chi connectivity index (χ0n) is 25.0. The van der Waals surface area contributed by atoms with Gasteiger partial charge in [-0.25, -0.2) is 9.97 Å². The van der Waals surface area contributed by atoms with Gasteiger partial charge in [-0.05, 0) is 24.0 Å². The Labute approximate surface area is 265 Å². The van der Waals surface area contributed by atoms with E-state index < -0.39 is 5.91 Å². The first kappa shape index (κ1) is 28.6. The molecular formula is C31H33N10O4S+. The number of nitrogens with one attached hydrogen (secondary N) is 2. The number of primary amides is 1. The summed E-state index contributed by atoms with van der Waals surface area (Å²) in [6.45, 7) is 2.48. The van der Waals surface area contributed by atoms with E-state index in [-0.39, 0.29) is 29.5 Å². The molecule has 6 aromatic rings. The molecule has 0 spiro atoms.